The summed E-state index contributed by atoms with van der Waals surface area (Å²) >= 11 is 0. The van der Waals surface area contributed by atoms with Crippen LogP contribution in [0.3, 0.4) is 0 Å². The molecule has 6 heteroatoms. The average Bonchev–Trinajstić information content (AvgIpc) is 2.79. The predicted octanol–water partition coefficient (Wildman–Crippen LogP) is -0.0444. The number of hydrogen-bond donors (Lipinski definition) is 2. The van der Waals surface area contributed by atoms with Crippen molar-refractivity contribution in [2.45, 2.75) is 32.5 Å². The van der Waals surface area contributed by atoms with Gasteiger partial charge in [0.15, 0.2) is 0 Å². The van der Waals surface area contributed by atoms with Gasteiger partial charge in [-0.3, -0.25) is 14.3 Å². The molecule has 0 amide bonds. The second-order valence-corrected chi connectivity index (χ2v) is 5.06. The van der Waals surface area contributed by atoms with E-state index in [0.29, 0.717) is 5.56 Å². The number of halogens is 1. The summed E-state index contributed by atoms with van der Waals surface area (Å²) in [7, 11) is 0. The van der Waals surface area contributed by atoms with E-state index in [1.165, 1.54) is 6.20 Å². The van der Waals surface area contributed by atoms with E-state index in [9.17, 15) is 14.0 Å². The first-order valence-electron chi connectivity index (χ1n) is 5.41. The molecule has 0 aliphatic heterocycles. The van der Waals surface area contributed by atoms with Crippen molar-refractivity contribution in [2.24, 2.45) is 5.41 Å². The number of aliphatic hydroxyl groups is 1. The zero-order valence-electron chi connectivity index (χ0n) is 9.79. The quantitative estimate of drug-likeness (QED) is 0.780. The summed E-state index contributed by atoms with van der Waals surface area (Å²) in [4.78, 5) is 24.8. The van der Waals surface area contributed by atoms with E-state index >= 15 is 0 Å². The number of hydrogen-bond acceptors (Lipinski definition) is 3. The first kappa shape index (κ1) is 12.0. The van der Waals surface area contributed by atoms with Crippen molar-refractivity contribution in [2.75, 3.05) is 6.61 Å². The van der Waals surface area contributed by atoms with Crippen LogP contribution >= 0.6 is 0 Å². The number of nitrogens with one attached hydrogen (secondary N) is 1. The van der Waals surface area contributed by atoms with Crippen molar-refractivity contribution in [3.05, 3.63) is 32.6 Å². The lowest BCUT2D eigenvalue weighted by molar-refractivity contribution is 0.137. The fourth-order valence-electron chi connectivity index (χ4n) is 2.02. The van der Waals surface area contributed by atoms with E-state index in [1.807, 2.05) is 0 Å². The third kappa shape index (κ3) is 1.82. The van der Waals surface area contributed by atoms with Crippen LogP contribution in [0, 0.1) is 12.3 Å². The van der Waals surface area contributed by atoms with E-state index in [2.05, 4.69) is 4.98 Å². The minimum Gasteiger partial charge on any atom is -0.396 e. The van der Waals surface area contributed by atoms with Gasteiger partial charge in [-0.15, -0.1) is 0 Å². The highest BCUT2D eigenvalue weighted by Gasteiger charge is 2.65. The lowest BCUT2D eigenvalue weighted by atomic mass is 10.1. The van der Waals surface area contributed by atoms with E-state index < -0.39 is 22.3 Å². The van der Waals surface area contributed by atoms with Gasteiger partial charge in [0.2, 0.25) is 0 Å². The van der Waals surface area contributed by atoms with Gasteiger partial charge in [0.05, 0.1) is 13.2 Å². The summed E-state index contributed by atoms with van der Waals surface area (Å²) in [6, 6.07) is 0. The lowest BCUT2D eigenvalue weighted by Crippen LogP contribution is -2.35. The third-order valence-corrected chi connectivity index (χ3v) is 3.59. The van der Waals surface area contributed by atoms with Gasteiger partial charge in [0.25, 0.3) is 5.56 Å². The number of aliphatic hydroxyl groups excluding tert-OH is 1. The molecule has 2 atom stereocenters. The molecule has 0 unspecified atom stereocenters. The molecular formula is C11H15FN2O3. The normalized spacial score (nSPS) is 31.5. The molecule has 2 rings (SSSR count). The molecule has 1 aromatic rings. The van der Waals surface area contributed by atoms with Crippen molar-refractivity contribution < 1.29 is 9.50 Å². The molecule has 1 fully saturated rings. The monoisotopic (exact) mass is 242 g/mol. The minimum atomic E-state index is -1.57. The van der Waals surface area contributed by atoms with Crippen molar-refractivity contribution in [3.8, 4) is 0 Å². The molecule has 94 valence electrons. The van der Waals surface area contributed by atoms with Gasteiger partial charge in [-0.1, -0.05) is 6.92 Å². The highest BCUT2D eigenvalue weighted by molar-refractivity contribution is 5.14. The molecule has 1 heterocycles. The molecule has 17 heavy (non-hydrogen) atoms. The van der Waals surface area contributed by atoms with Crippen LogP contribution in [-0.2, 0) is 6.54 Å². The van der Waals surface area contributed by atoms with Crippen LogP contribution in [0.1, 0.15) is 18.9 Å². The number of alkyl halides is 1. The maximum absolute atomic E-state index is 14.2. The van der Waals surface area contributed by atoms with E-state index in [0.717, 1.165) is 4.57 Å². The third-order valence-electron chi connectivity index (χ3n) is 3.59. The molecule has 0 bridgehead atoms. The zero-order valence-corrected chi connectivity index (χ0v) is 9.79. The number of aryl methyl sites for hydroxylation is 1. The fraction of sp³-hybridized carbons (Fsp3) is 0.636. The van der Waals surface area contributed by atoms with Gasteiger partial charge >= 0.3 is 5.69 Å². The van der Waals surface area contributed by atoms with Gasteiger partial charge in [-0.05, 0) is 13.3 Å². The van der Waals surface area contributed by atoms with Gasteiger partial charge in [-0.25, -0.2) is 9.18 Å². The topological polar surface area (TPSA) is 75.1 Å². The van der Waals surface area contributed by atoms with E-state index in [4.69, 9.17) is 5.11 Å². The lowest BCUT2D eigenvalue weighted by Gasteiger charge is -2.14. The van der Waals surface area contributed by atoms with Gasteiger partial charge < -0.3 is 5.11 Å². The number of rotatable bonds is 3. The van der Waals surface area contributed by atoms with E-state index in [1.54, 1.807) is 13.8 Å². The van der Waals surface area contributed by atoms with Gasteiger partial charge in [-0.2, -0.15) is 0 Å². The summed E-state index contributed by atoms with van der Waals surface area (Å²) in [5.74, 6) is 0. The Labute approximate surface area is 96.9 Å². The molecule has 1 aliphatic rings. The molecule has 5 nitrogen and oxygen atoms in total. The maximum atomic E-state index is 14.2. The SMILES string of the molecule is Cc1cn(C[C@]2(F)C[C@]2(C)CO)c(=O)[nH]c1=O. The Balaban J connectivity index is 2.30. The van der Waals surface area contributed by atoms with Crippen LogP contribution in [0.5, 0.6) is 0 Å². The van der Waals surface area contributed by atoms with Crippen molar-refractivity contribution >= 4 is 0 Å². The maximum Gasteiger partial charge on any atom is 0.328 e. The summed E-state index contributed by atoms with van der Waals surface area (Å²) in [5.41, 5.74) is -3.07. The van der Waals surface area contributed by atoms with Crippen LogP contribution in [0.2, 0.25) is 0 Å². The number of aromatic amines is 1. The molecule has 2 N–H and O–H groups in total. The number of aromatic nitrogens is 2. The molecular weight excluding hydrogens is 227 g/mol. The van der Waals surface area contributed by atoms with Crippen molar-refractivity contribution in [3.63, 3.8) is 0 Å². The largest absolute Gasteiger partial charge is 0.396 e. The Morgan fingerprint density at radius 2 is 2.24 bits per heavy atom. The molecule has 1 aromatic heterocycles. The standard InChI is InChI=1S/C11H15FN2O3/c1-7-3-14(9(17)13-8(7)16)5-11(12)4-10(11,2)6-15/h3,15H,4-6H2,1-2H3,(H,13,16,17)/t10-,11-/m1/s1. The second kappa shape index (κ2) is 3.53. The summed E-state index contributed by atoms with van der Waals surface area (Å²) < 4.78 is 15.4. The van der Waals surface area contributed by atoms with Crippen molar-refractivity contribution in [1.82, 2.24) is 9.55 Å². The predicted molar refractivity (Wildman–Crippen MR) is 59.7 cm³/mol. The minimum absolute atomic E-state index is 0.138. The van der Waals surface area contributed by atoms with Crippen molar-refractivity contribution in [1.29, 1.82) is 0 Å². The molecule has 0 aromatic carbocycles. The molecule has 0 radical (unpaired) electrons. The van der Waals surface area contributed by atoms with Gasteiger partial charge in [0, 0.05) is 17.2 Å². The summed E-state index contributed by atoms with van der Waals surface area (Å²) in [6.45, 7) is 2.80. The van der Waals surface area contributed by atoms with Gasteiger partial charge in [0.1, 0.15) is 5.67 Å². The molecule has 1 aliphatic carbocycles. The number of H-pyrrole nitrogens is 1. The number of nitrogens with zero attached hydrogens (tertiary/aromatic N) is 1. The Morgan fingerprint density at radius 3 is 2.76 bits per heavy atom. The highest BCUT2D eigenvalue weighted by atomic mass is 19.1. The van der Waals surface area contributed by atoms with Crippen LogP contribution < -0.4 is 11.2 Å². The van der Waals surface area contributed by atoms with E-state index in [-0.39, 0.29) is 19.6 Å². The molecule has 0 saturated heterocycles. The van der Waals surface area contributed by atoms with Crippen LogP contribution in [-0.4, -0.2) is 26.9 Å². The summed E-state index contributed by atoms with van der Waals surface area (Å²) in [6.07, 6.45) is 1.57. The van der Waals surface area contributed by atoms with Crippen LogP contribution in [0.15, 0.2) is 15.8 Å². The smallest absolute Gasteiger partial charge is 0.328 e. The Kier molecular flexibility index (Phi) is 2.50. The molecule has 0 spiro atoms. The average molecular weight is 242 g/mol. The van der Waals surface area contributed by atoms with Crippen LogP contribution in [0.4, 0.5) is 4.39 Å². The Morgan fingerprint density at radius 1 is 1.59 bits per heavy atom. The van der Waals surface area contributed by atoms with Crippen LogP contribution in [0.25, 0.3) is 0 Å². The highest BCUT2D eigenvalue weighted by Crippen LogP contribution is 2.59. The Hall–Kier alpha value is -1.43. The zero-order chi connectivity index (χ0) is 12.8. The first-order chi connectivity index (χ1) is 7.81. The molecule has 1 saturated carbocycles. The summed E-state index contributed by atoms with van der Waals surface area (Å²) in [5, 5.41) is 9.06. The fourth-order valence-corrected chi connectivity index (χ4v) is 2.02. The Bertz CT molecular complexity index is 565. The first-order valence-corrected chi connectivity index (χ1v) is 5.41. The second-order valence-electron chi connectivity index (χ2n) is 5.06.